The van der Waals surface area contributed by atoms with Gasteiger partial charge in [-0.1, -0.05) is 36.4 Å². The second-order valence-electron chi connectivity index (χ2n) is 5.61. The average molecular weight is 302 g/mol. The fourth-order valence-electron chi connectivity index (χ4n) is 3.30. The summed E-state index contributed by atoms with van der Waals surface area (Å²) >= 11 is 0. The molecule has 0 atom stereocenters. The van der Waals surface area contributed by atoms with E-state index < -0.39 is 7.12 Å². The number of fused-ring (bicyclic) bond motifs is 6. The van der Waals surface area contributed by atoms with Crippen molar-refractivity contribution in [2.75, 3.05) is 0 Å². The Morgan fingerprint density at radius 3 is 1.61 bits per heavy atom. The lowest BCUT2D eigenvalue weighted by Gasteiger charge is -2.02. The molecule has 0 spiro atoms. The Morgan fingerprint density at radius 1 is 0.652 bits per heavy atom. The van der Waals surface area contributed by atoms with Gasteiger partial charge in [-0.05, 0) is 18.2 Å². The summed E-state index contributed by atoms with van der Waals surface area (Å²) in [7, 11) is -1.68. The molecule has 0 saturated carbocycles. The first-order valence-electron chi connectivity index (χ1n) is 7.35. The van der Waals surface area contributed by atoms with Crippen LogP contribution in [0.5, 0.6) is 0 Å². The van der Waals surface area contributed by atoms with Crippen LogP contribution in [-0.4, -0.2) is 17.2 Å². The molecule has 0 fully saturated rings. The molecule has 0 bridgehead atoms. The van der Waals surface area contributed by atoms with Gasteiger partial charge >= 0.3 is 7.12 Å². The van der Waals surface area contributed by atoms with E-state index in [1.165, 1.54) is 0 Å². The Morgan fingerprint density at radius 2 is 1.13 bits per heavy atom. The van der Waals surface area contributed by atoms with Gasteiger partial charge in [-0.2, -0.15) is 0 Å². The first kappa shape index (κ1) is 12.8. The first-order chi connectivity index (χ1) is 11.2. The highest BCUT2D eigenvalue weighted by Gasteiger charge is 2.26. The maximum Gasteiger partial charge on any atom is 0.496 e. The maximum absolute atomic E-state index is 9.91. The zero-order chi connectivity index (χ0) is 15.6. The summed E-state index contributed by atoms with van der Waals surface area (Å²) in [6.45, 7) is 0. The third-order valence-corrected chi connectivity index (χ3v) is 4.30. The largest absolute Gasteiger partial charge is 0.496 e. The molecule has 3 aromatic carbocycles. The van der Waals surface area contributed by atoms with Crippen molar-refractivity contribution in [1.82, 2.24) is 0 Å². The molecular formula is C18H11BO4. The Kier molecular flexibility index (Phi) is 2.43. The van der Waals surface area contributed by atoms with Gasteiger partial charge in [0.15, 0.2) is 0 Å². The lowest BCUT2D eigenvalue weighted by atomic mass is 9.78. The smallest absolute Gasteiger partial charge is 0.456 e. The van der Waals surface area contributed by atoms with Gasteiger partial charge in [-0.15, -0.1) is 0 Å². The van der Waals surface area contributed by atoms with Crippen LogP contribution in [0.3, 0.4) is 0 Å². The molecule has 0 aliphatic rings. The highest BCUT2D eigenvalue weighted by Crippen LogP contribution is 2.35. The van der Waals surface area contributed by atoms with Crippen LogP contribution in [-0.2, 0) is 0 Å². The van der Waals surface area contributed by atoms with Gasteiger partial charge in [0.2, 0.25) is 0 Å². The van der Waals surface area contributed by atoms with E-state index in [0.717, 1.165) is 21.5 Å². The zero-order valence-electron chi connectivity index (χ0n) is 12.0. The van der Waals surface area contributed by atoms with E-state index in [1.807, 2.05) is 54.6 Å². The van der Waals surface area contributed by atoms with E-state index in [1.54, 1.807) is 0 Å². The van der Waals surface area contributed by atoms with Crippen molar-refractivity contribution >= 4 is 56.5 Å². The molecule has 5 heteroatoms. The van der Waals surface area contributed by atoms with Crippen molar-refractivity contribution < 1.29 is 18.9 Å². The SMILES string of the molecule is OB(O)c1c2oc3ccccc3c2cc2c1oc1ccccc12. The molecule has 0 aliphatic heterocycles. The maximum atomic E-state index is 9.91. The normalized spacial score (nSPS) is 11.9. The van der Waals surface area contributed by atoms with Crippen molar-refractivity contribution in [3.05, 3.63) is 54.6 Å². The minimum Gasteiger partial charge on any atom is -0.456 e. The molecule has 110 valence electrons. The summed E-state index contributed by atoms with van der Waals surface area (Å²) < 4.78 is 11.7. The van der Waals surface area contributed by atoms with Crippen LogP contribution in [0, 0.1) is 0 Å². The standard InChI is InChI=1S/C18H11BO4/c20-19(21)16-17-12(10-5-1-3-7-14(10)22-17)9-13-11-6-2-4-8-15(11)23-18(13)16/h1-9,20-21H. The van der Waals surface area contributed by atoms with Crippen LogP contribution in [0.1, 0.15) is 0 Å². The number of hydrogen-bond acceptors (Lipinski definition) is 4. The summed E-state index contributed by atoms with van der Waals surface area (Å²) in [6.07, 6.45) is 0. The zero-order valence-corrected chi connectivity index (χ0v) is 12.0. The van der Waals surface area contributed by atoms with Crippen molar-refractivity contribution in [2.45, 2.75) is 0 Å². The van der Waals surface area contributed by atoms with Crippen LogP contribution in [0.25, 0.3) is 43.9 Å². The van der Waals surface area contributed by atoms with Gasteiger partial charge in [0.25, 0.3) is 0 Å². The summed E-state index contributed by atoms with van der Waals surface area (Å²) in [5.41, 5.74) is 2.59. The van der Waals surface area contributed by atoms with Gasteiger partial charge in [0.1, 0.15) is 22.3 Å². The van der Waals surface area contributed by atoms with Crippen molar-refractivity contribution in [2.24, 2.45) is 0 Å². The molecular weight excluding hydrogens is 291 g/mol. The first-order valence-corrected chi connectivity index (χ1v) is 7.35. The number of rotatable bonds is 1. The summed E-state index contributed by atoms with van der Waals surface area (Å²) in [6, 6.07) is 17.3. The lowest BCUT2D eigenvalue weighted by Crippen LogP contribution is -2.30. The van der Waals surface area contributed by atoms with Crippen molar-refractivity contribution in [1.29, 1.82) is 0 Å². The average Bonchev–Trinajstić information content (AvgIpc) is 3.10. The van der Waals surface area contributed by atoms with Crippen molar-refractivity contribution in [3.63, 3.8) is 0 Å². The fourth-order valence-corrected chi connectivity index (χ4v) is 3.30. The van der Waals surface area contributed by atoms with Crippen LogP contribution in [0.15, 0.2) is 63.4 Å². The molecule has 5 rings (SSSR count). The summed E-state index contributed by atoms with van der Waals surface area (Å²) in [5, 5.41) is 23.4. The number of hydrogen-bond donors (Lipinski definition) is 2. The summed E-state index contributed by atoms with van der Waals surface area (Å²) in [5.74, 6) is 0. The van der Waals surface area contributed by atoms with Gasteiger partial charge in [0.05, 0.1) is 5.46 Å². The quantitative estimate of drug-likeness (QED) is 0.467. The molecule has 0 amide bonds. The van der Waals surface area contributed by atoms with Crippen LogP contribution in [0.2, 0.25) is 0 Å². The van der Waals surface area contributed by atoms with Crippen LogP contribution in [0.4, 0.5) is 0 Å². The minimum atomic E-state index is -1.68. The molecule has 0 aliphatic carbocycles. The Hall–Kier alpha value is -2.76. The van der Waals surface area contributed by atoms with Gasteiger partial charge in [-0.3, -0.25) is 0 Å². The third kappa shape index (κ3) is 1.63. The third-order valence-electron chi connectivity index (χ3n) is 4.30. The predicted octanol–water partition coefficient (Wildman–Crippen LogP) is 3.17. The second kappa shape index (κ2) is 4.38. The van der Waals surface area contributed by atoms with Crippen LogP contribution >= 0.6 is 0 Å². The molecule has 4 nitrogen and oxygen atoms in total. The minimum absolute atomic E-state index is 0.268. The summed E-state index contributed by atoms with van der Waals surface area (Å²) in [4.78, 5) is 0. The van der Waals surface area contributed by atoms with Gasteiger partial charge in [0, 0.05) is 21.5 Å². The van der Waals surface area contributed by atoms with E-state index in [-0.39, 0.29) is 5.46 Å². The number of furan rings is 2. The molecule has 2 heterocycles. The van der Waals surface area contributed by atoms with E-state index in [0.29, 0.717) is 22.3 Å². The molecule has 2 N–H and O–H groups in total. The van der Waals surface area contributed by atoms with E-state index in [2.05, 4.69) is 0 Å². The highest BCUT2D eigenvalue weighted by atomic mass is 16.4. The fraction of sp³-hybridized carbons (Fsp3) is 0. The lowest BCUT2D eigenvalue weighted by molar-refractivity contribution is 0.425. The topological polar surface area (TPSA) is 66.7 Å². The Balaban J connectivity index is 2.10. The van der Waals surface area contributed by atoms with E-state index >= 15 is 0 Å². The van der Waals surface area contributed by atoms with Crippen molar-refractivity contribution in [3.8, 4) is 0 Å². The Labute approximate surface area is 130 Å². The molecule has 5 aromatic rings. The van der Waals surface area contributed by atoms with Gasteiger partial charge < -0.3 is 18.9 Å². The monoisotopic (exact) mass is 302 g/mol. The highest BCUT2D eigenvalue weighted by molar-refractivity contribution is 6.65. The number of para-hydroxylation sites is 2. The molecule has 23 heavy (non-hydrogen) atoms. The predicted molar refractivity (Wildman–Crippen MR) is 90.8 cm³/mol. The number of benzene rings is 3. The molecule has 0 unspecified atom stereocenters. The molecule has 0 saturated heterocycles. The molecule has 2 aromatic heterocycles. The second-order valence-corrected chi connectivity index (χ2v) is 5.61. The van der Waals surface area contributed by atoms with E-state index in [4.69, 9.17) is 8.83 Å². The van der Waals surface area contributed by atoms with Crippen LogP contribution < -0.4 is 5.46 Å². The van der Waals surface area contributed by atoms with E-state index in [9.17, 15) is 10.0 Å². The van der Waals surface area contributed by atoms with Gasteiger partial charge in [-0.25, -0.2) is 0 Å². The Bertz CT molecular complexity index is 1110. The molecule has 0 radical (unpaired) electrons.